The first-order valence-electron chi connectivity index (χ1n) is 7.91. The molecule has 2 aliphatic rings. The molecule has 2 aromatic rings. The Kier molecular flexibility index (Phi) is 3.42. The summed E-state index contributed by atoms with van der Waals surface area (Å²) in [5, 5.41) is 13.7. The van der Waals surface area contributed by atoms with Crippen molar-refractivity contribution in [3.05, 3.63) is 47.8 Å². The summed E-state index contributed by atoms with van der Waals surface area (Å²) in [6.45, 7) is 2.12. The van der Waals surface area contributed by atoms with E-state index in [-0.39, 0.29) is 6.04 Å². The Balaban J connectivity index is 1.57. The van der Waals surface area contributed by atoms with Crippen molar-refractivity contribution in [2.24, 2.45) is 0 Å². The maximum absolute atomic E-state index is 10.3. The molecule has 5 heteroatoms. The van der Waals surface area contributed by atoms with Crippen LogP contribution in [0.4, 0.5) is 11.6 Å². The van der Waals surface area contributed by atoms with Gasteiger partial charge in [-0.25, -0.2) is 9.97 Å². The molecule has 0 amide bonds. The van der Waals surface area contributed by atoms with Crippen molar-refractivity contribution < 1.29 is 5.11 Å². The molecule has 1 fully saturated rings. The van der Waals surface area contributed by atoms with Crippen molar-refractivity contribution in [1.82, 2.24) is 9.97 Å². The molecule has 1 aliphatic carbocycles. The van der Waals surface area contributed by atoms with E-state index in [0.717, 1.165) is 30.3 Å². The highest BCUT2D eigenvalue weighted by Gasteiger charge is 2.31. The predicted molar refractivity (Wildman–Crippen MR) is 86.0 cm³/mol. The van der Waals surface area contributed by atoms with Crippen LogP contribution in [0, 0.1) is 0 Å². The maximum atomic E-state index is 10.3. The van der Waals surface area contributed by atoms with Crippen molar-refractivity contribution in [2.45, 2.75) is 31.4 Å². The van der Waals surface area contributed by atoms with Crippen molar-refractivity contribution >= 4 is 11.6 Å². The zero-order valence-electron chi connectivity index (χ0n) is 12.4. The SMILES string of the molecule is O[C@@H]1Cc2ccccc2[C@@H]1Nc1cc(N2CCCC2)ncn1. The lowest BCUT2D eigenvalue weighted by Crippen LogP contribution is -2.23. The number of hydrogen-bond acceptors (Lipinski definition) is 5. The molecule has 2 N–H and O–H groups in total. The van der Waals surface area contributed by atoms with Gasteiger partial charge in [-0.3, -0.25) is 0 Å². The lowest BCUT2D eigenvalue weighted by Gasteiger charge is -2.20. The van der Waals surface area contributed by atoms with Crippen LogP contribution in [-0.2, 0) is 6.42 Å². The Morgan fingerprint density at radius 3 is 2.82 bits per heavy atom. The van der Waals surface area contributed by atoms with Gasteiger partial charge in [-0.2, -0.15) is 0 Å². The lowest BCUT2D eigenvalue weighted by atomic mass is 10.1. The van der Waals surface area contributed by atoms with Crippen LogP contribution in [0.3, 0.4) is 0 Å². The summed E-state index contributed by atoms with van der Waals surface area (Å²) in [7, 11) is 0. The Labute approximate surface area is 130 Å². The molecule has 0 spiro atoms. The van der Waals surface area contributed by atoms with E-state index >= 15 is 0 Å². The summed E-state index contributed by atoms with van der Waals surface area (Å²) in [5.41, 5.74) is 2.37. The zero-order chi connectivity index (χ0) is 14.9. The molecule has 0 saturated carbocycles. The number of anilines is 2. The molecule has 1 saturated heterocycles. The number of nitrogens with one attached hydrogen (secondary N) is 1. The Bertz CT molecular complexity index is 669. The maximum Gasteiger partial charge on any atom is 0.134 e. The average molecular weight is 296 g/mol. The third-order valence-electron chi connectivity index (χ3n) is 4.59. The van der Waals surface area contributed by atoms with Crippen LogP contribution in [0.25, 0.3) is 0 Å². The van der Waals surface area contributed by atoms with Gasteiger partial charge in [0.2, 0.25) is 0 Å². The minimum absolute atomic E-state index is 0.0995. The van der Waals surface area contributed by atoms with Gasteiger partial charge in [0, 0.05) is 25.6 Å². The number of nitrogens with zero attached hydrogens (tertiary/aromatic N) is 3. The first-order valence-corrected chi connectivity index (χ1v) is 7.91. The van der Waals surface area contributed by atoms with E-state index < -0.39 is 6.10 Å². The lowest BCUT2D eigenvalue weighted by molar-refractivity contribution is 0.165. The highest BCUT2D eigenvalue weighted by Crippen LogP contribution is 2.34. The predicted octanol–water partition coefficient (Wildman–Crippen LogP) is 2.15. The first kappa shape index (κ1) is 13.5. The molecule has 2 atom stereocenters. The van der Waals surface area contributed by atoms with Gasteiger partial charge in [-0.05, 0) is 24.0 Å². The number of rotatable bonds is 3. The highest BCUT2D eigenvalue weighted by atomic mass is 16.3. The monoisotopic (exact) mass is 296 g/mol. The summed E-state index contributed by atoms with van der Waals surface area (Å²) in [6.07, 6.45) is 4.33. The molecule has 22 heavy (non-hydrogen) atoms. The number of benzene rings is 1. The summed E-state index contributed by atoms with van der Waals surface area (Å²) < 4.78 is 0. The molecule has 0 unspecified atom stereocenters. The van der Waals surface area contributed by atoms with E-state index in [1.165, 1.54) is 18.4 Å². The third-order valence-corrected chi connectivity index (χ3v) is 4.59. The van der Waals surface area contributed by atoms with E-state index in [1.54, 1.807) is 6.33 Å². The fourth-order valence-electron chi connectivity index (χ4n) is 3.45. The van der Waals surface area contributed by atoms with E-state index in [9.17, 15) is 5.11 Å². The molecule has 4 rings (SSSR count). The smallest absolute Gasteiger partial charge is 0.134 e. The molecule has 1 aromatic carbocycles. The van der Waals surface area contributed by atoms with E-state index in [1.807, 2.05) is 18.2 Å². The van der Waals surface area contributed by atoms with Gasteiger partial charge in [0.15, 0.2) is 0 Å². The summed E-state index contributed by atoms with van der Waals surface area (Å²) in [5.74, 6) is 1.74. The van der Waals surface area contributed by atoms with Gasteiger partial charge in [0.25, 0.3) is 0 Å². The number of aliphatic hydroxyl groups is 1. The Hall–Kier alpha value is -2.14. The van der Waals surface area contributed by atoms with Crippen molar-refractivity contribution in [2.75, 3.05) is 23.3 Å². The number of fused-ring (bicyclic) bond motifs is 1. The Morgan fingerprint density at radius 1 is 1.14 bits per heavy atom. The standard InChI is InChI=1S/C17H20N4O/c22-14-9-12-5-1-2-6-13(12)17(14)20-15-10-16(19-11-18-15)21-7-3-4-8-21/h1-2,5-6,10-11,14,17,22H,3-4,7-9H2,(H,18,19,20)/t14-,17+/m1/s1. The fraction of sp³-hybridized carbons (Fsp3) is 0.412. The molecule has 2 heterocycles. The van der Waals surface area contributed by atoms with Crippen molar-refractivity contribution in [3.8, 4) is 0 Å². The second-order valence-electron chi connectivity index (χ2n) is 6.05. The average Bonchev–Trinajstić information content (AvgIpc) is 3.17. The molecule has 1 aliphatic heterocycles. The normalized spacial score (nSPS) is 23.6. The second-order valence-corrected chi connectivity index (χ2v) is 6.05. The van der Waals surface area contributed by atoms with Crippen LogP contribution >= 0.6 is 0 Å². The van der Waals surface area contributed by atoms with Gasteiger partial charge in [-0.1, -0.05) is 24.3 Å². The molecule has 1 aromatic heterocycles. The van der Waals surface area contributed by atoms with Crippen LogP contribution in [-0.4, -0.2) is 34.3 Å². The molecule has 0 radical (unpaired) electrons. The van der Waals surface area contributed by atoms with Gasteiger partial charge in [0.05, 0.1) is 12.1 Å². The number of aromatic nitrogens is 2. The van der Waals surface area contributed by atoms with Gasteiger partial charge in [-0.15, -0.1) is 0 Å². The van der Waals surface area contributed by atoms with Crippen LogP contribution in [0.15, 0.2) is 36.7 Å². The van der Waals surface area contributed by atoms with Crippen LogP contribution < -0.4 is 10.2 Å². The molecular formula is C17H20N4O. The highest BCUT2D eigenvalue weighted by molar-refractivity contribution is 5.51. The van der Waals surface area contributed by atoms with Crippen LogP contribution in [0.5, 0.6) is 0 Å². The minimum atomic E-state index is -0.414. The van der Waals surface area contributed by atoms with E-state index in [0.29, 0.717) is 6.42 Å². The van der Waals surface area contributed by atoms with E-state index in [2.05, 4.69) is 32.3 Å². The topological polar surface area (TPSA) is 61.3 Å². The molecule has 114 valence electrons. The fourth-order valence-corrected chi connectivity index (χ4v) is 3.45. The largest absolute Gasteiger partial charge is 0.390 e. The summed E-state index contributed by atoms with van der Waals surface area (Å²) in [6, 6.07) is 10.1. The van der Waals surface area contributed by atoms with Crippen LogP contribution in [0.2, 0.25) is 0 Å². The van der Waals surface area contributed by atoms with Gasteiger partial charge in [0.1, 0.15) is 18.0 Å². The van der Waals surface area contributed by atoms with Gasteiger partial charge < -0.3 is 15.3 Å². The second kappa shape index (κ2) is 5.57. The quantitative estimate of drug-likeness (QED) is 0.909. The minimum Gasteiger partial charge on any atom is -0.390 e. The van der Waals surface area contributed by atoms with E-state index in [4.69, 9.17) is 0 Å². The van der Waals surface area contributed by atoms with Crippen molar-refractivity contribution in [3.63, 3.8) is 0 Å². The molecule has 5 nitrogen and oxygen atoms in total. The van der Waals surface area contributed by atoms with Gasteiger partial charge >= 0.3 is 0 Å². The summed E-state index contributed by atoms with van der Waals surface area (Å²) in [4.78, 5) is 11.0. The Morgan fingerprint density at radius 2 is 1.95 bits per heavy atom. The molecular weight excluding hydrogens is 276 g/mol. The number of aliphatic hydroxyl groups excluding tert-OH is 1. The molecule has 0 bridgehead atoms. The first-order chi connectivity index (χ1) is 10.8. The summed E-state index contributed by atoms with van der Waals surface area (Å²) >= 11 is 0. The number of hydrogen-bond donors (Lipinski definition) is 2. The zero-order valence-corrected chi connectivity index (χ0v) is 12.4. The van der Waals surface area contributed by atoms with Crippen LogP contribution in [0.1, 0.15) is 30.0 Å². The third kappa shape index (κ3) is 2.41. The van der Waals surface area contributed by atoms with Crippen molar-refractivity contribution in [1.29, 1.82) is 0 Å².